The third-order valence-corrected chi connectivity index (χ3v) is 1.66. The van der Waals surface area contributed by atoms with Gasteiger partial charge in [-0.05, 0) is 0 Å². The van der Waals surface area contributed by atoms with Crippen LogP contribution in [0, 0.1) is 0 Å². The molecule has 0 atom stereocenters. The fourth-order valence-electron chi connectivity index (χ4n) is 1.01. The highest BCUT2D eigenvalue weighted by atomic mass is 15.0. The highest BCUT2D eigenvalue weighted by molar-refractivity contribution is 4.59. The van der Waals surface area contributed by atoms with Crippen molar-refractivity contribution in [3.05, 3.63) is 0 Å². The van der Waals surface area contributed by atoms with E-state index in [1.165, 1.54) is 21.2 Å². The van der Waals surface area contributed by atoms with Crippen LogP contribution in [0.25, 0.3) is 0 Å². The van der Waals surface area contributed by atoms with Gasteiger partial charge in [0.15, 0.2) is 0 Å². The van der Waals surface area contributed by atoms with Crippen LogP contribution in [0.2, 0.25) is 5.65 Å². The monoisotopic (exact) mass is 176 g/mol. The summed E-state index contributed by atoms with van der Waals surface area (Å²) in [6.07, 6.45) is 0. The first-order valence-electron chi connectivity index (χ1n) is 6.32. The van der Waals surface area contributed by atoms with Crippen LogP contribution in [0.3, 0.4) is 0 Å². The van der Waals surface area contributed by atoms with Crippen LogP contribution >= 0.6 is 0 Å². The standard InChI is InChI=1S/C8H20N4/c1-2-10-5-6-12-8-7-11-4-3-9-1/h9-12H,1-8H2/i/hD4. The highest BCUT2D eigenvalue weighted by Crippen LogP contribution is 1.65. The molecule has 1 heterocycles. The summed E-state index contributed by atoms with van der Waals surface area (Å²) in [5, 5.41) is 5.57. The van der Waals surface area contributed by atoms with E-state index in [1.807, 2.05) is 0 Å². The summed E-state index contributed by atoms with van der Waals surface area (Å²) < 4.78 is 30.4. The van der Waals surface area contributed by atoms with E-state index >= 15 is 0 Å². The maximum atomic E-state index is 7.59. The Hall–Kier alpha value is -0.160. The van der Waals surface area contributed by atoms with E-state index in [-0.39, 0.29) is 0 Å². The maximum Gasteiger partial charge on any atom is 0.122 e. The molecule has 0 amide bonds. The number of nitrogens with one attached hydrogen (secondary N) is 4. The molecule has 12 heavy (non-hydrogen) atoms. The van der Waals surface area contributed by atoms with Crippen molar-refractivity contribution in [2.75, 3.05) is 52.4 Å². The predicted molar refractivity (Wildman–Crippen MR) is 51.5 cm³/mol. The van der Waals surface area contributed by atoms with Crippen molar-refractivity contribution >= 4 is 0 Å². The Bertz CT molecular complexity index is 141. The van der Waals surface area contributed by atoms with Crippen LogP contribution in [0.5, 0.6) is 0 Å². The first-order chi connectivity index (χ1) is 7.58. The lowest BCUT2D eigenvalue weighted by atomic mass is 10.4. The van der Waals surface area contributed by atoms with E-state index in [9.17, 15) is 0 Å². The molecule has 0 bridgehead atoms. The van der Waals surface area contributed by atoms with Crippen molar-refractivity contribution in [3.8, 4) is 0 Å². The molecular weight excluding hydrogens is 152 g/mol. The first kappa shape index (κ1) is 5.54. The molecule has 4 N–H and O–H groups in total. The molecule has 0 aromatic rings. The Balaban J connectivity index is 2.39. The summed E-state index contributed by atoms with van der Waals surface area (Å²) in [6, 6.07) is 0. The largest absolute Gasteiger partial charge is 0.314 e. The van der Waals surface area contributed by atoms with E-state index in [4.69, 9.17) is 5.65 Å². The van der Waals surface area contributed by atoms with Gasteiger partial charge in [0.1, 0.15) is 5.65 Å². The minimum atomic E-state index is 0.509. The fraction of sp³-hybridized carbons (Fsp3) is 1.00. The molecular formula is C8H20N4. The zero-order valence-corrected chi connectivity index (χ0v) is 7.45. The van der Waals surface area contributed by atoms with Gasteiger partial charge in [-0.2, -0.15) is 0 Å². The molecule has 0 radical (unpaired) electrons. The van der Waals surface area contributed by atoms with Gasteiger partial charge < -0.3 is 21.2 Å². The molecule has 4 nitrogen and oxygen atoms in total. The quantitative estimate of drug-likeness (QED) is 0.357. The van der Waals surface area contributed by atoms with Crippen LogP contribution in [-0.4, -0.2) is 52.4 Å². The van der Waals surface area contributed by atoms with Crippen LogP contribution in [0.1, 0.15) is 0 Å². The third kappa shape index (κ3) is 5.49. The molecule has 0 aromatic heterocycles. The van der Waals surface area contributed by atoms with E-state index in [0.717, 1.165) is 0 Å². The number of rotatable bonds is 0. The SMILES string of the molecule is [2H]N1CCN([2H])CCN([2H])CCN([2H])CC1. The topological polar surface area (TPSA) is 48.1 Å². The first-order valence-corrected chi connectivity index (χ1v) is 4.53. The van der Waals surface area contributed by atoms with Crippen molar-refractivity contribution in [3.63, 3.8) is 0 Å². The van der Waals surface area contributed by atoms with Gasteiger partial charge in [-0.3, -0.25) is 0 Å². The highest BCUT2D eigenvalue weighted by Gasteiger charge is 1.92. The van der Waals surface area contributed by atoms with E-state index in [1.54, 1.807) is 0 Å². The molecule has 72 valence electrons. The molecule has 1 rings (SSSR count). The lowest BCUT2D eigenvalue weighted by Crippen LogP contribution is -2.39. The van der Waals surface area contributed by atoms with Crippen molar-refractivity contribution in [1.29, 1.82) is 0 Å². The smallest absolute Gasteiger partial charge is 0.122 e. The predicted octanol–water partition coefficient (Wildman–Crippen LogP) is -1.64. The van der Waals surface area contributed by atoms with Gasteiger partial charge in [-0.25, -0.2) is 0 Å². The summed E-state index contributed by atoms with van der Waals surface area (Å²) in [5.74, 6) is 0. The number of hydrogen-bond donors (Lipinski definition) is 4. The van der Waals surface area contributed by atoms with Gasteiger partial charge in [0.2, 0.25) is 0 Å². The third-order valence-electron chi connectivity index (χ3n) is 1.66. The lowest BCUT2D eigenvalue weighted by Gasteiger charge is -2.11. The molecule has 0 unspecified atom stereocenters. The average molecular weight is 176 g/mol. The second-order valence-corrected chi connectivity index (χ2v) is 2.68. The number of hydrogen-bond acceptors (Lipinski definition) is 4. The Morgan fingerprint density at radius 2 is 0.667 bits per heavy atom. The van der Waals surface area contributed by atoms with Gasteiger partial charge in [0, 0.05) is 52.4 Å². The fourth-order valence-corrected chi connectivity index (χ4v) is 1.01. The lowest BCUT2D eigenvalue weighted by molar-refractivity contribution is 0.534. The summed E-state index contributed by atoms with van der Waals surface area (Å²) >= 11 is 0. The second kappa shape index (κ2) is 7.49. The molecule has 0 saturated carbocycles. The second-order valence-electron chi connectivity index (χ2n) is 2.68. The molecule has 0 aromatic carbocycles. The van der Waals surface area contributed by atoms with Gasteiger partial charge in [0.25, 0.3) is 0 Å². The Morgan fingerprint density at radius 3 is 0.833 bits per heavy atom. The molecule has 4 heteroatoms. The molecule has 0 aliphatic carbocycles. The maximum absolute atomic E-state index is 7.59. The van der Waals surface area contributed by atoms with Crippen molar-refractivity contribution in [2.45, 2.75) is 0 Å². The van der Waals surface area contributed by atoms with Gasteiger partial charge >= 0.3 is 0 Å². The minimum Gasteiger partial charge on any atom is -0.314 e. The summed E-state index contributed by atoms with van der Waals surface area (Å²) in [7, 11) is 0. The van der Waals surface area contributed by atoms with Crippen LogP contribution in [-0.2, 0) is 0 Å². The molecule has 1 saturated heterocycles. The summed E-state index contributed by atoms with van der Waals surface area (Å²) in [5.41, 5.74) is 0. The van der Waals surface area contributed by atoms with Crippen LogP contribution in [0.15, 0.2) is 0 Å². The summed E-state index contributed by atoms with van der Waals surface area (Å²) in [6.45, 7) is 4.07. The van der Waals surface area contributed by atoms with E-state index < -0.39 is 0 Å². The zero-order valence-electron chi connectivity index (χ0n) is 11.4. The van der Waals surface area contributed by atoms with Gasteiger partial charge in [-0.15, -0.1) is 0 Å². The normalized spacial score (nSPS) is 35.3. The Morgan fingerprint density at radius 1 is 0.500 bits per heavy atom. The Kier molecular flexibility index (Phi) is 3.46. The summed E-state index contributed by atoms with van der Waals surface area (Å²) in [4.78, 5) is 0. The average Bonchev–Trinajstić information content (AvgIpc) is 2.27. The molecule has 1 fully saturated rings. The molecule has 1 aliphatic heterocycles. The van der Waals surface area contributed by atoms with E-state index in [2.05, 4.69) is 0 Å². The zero-order chi connectivity index (χ0) is 12.0. The van der Waals surface area contributed by atoms with Crippen molar-refractivity contribution < 1.29 is 5.65 Å². The minimum absolute atomic E-state index is 0.509. The van der Waals surface area contributed by atoms with Crippen LogP contribution in [0.4, 0.5) is 0 Å². The van der Waals surface area contributed by atoms with Gasteiger partial charge in [-0.1, -0.05) is 0 Å². The molecule has 1 aliphatic rings. The van der Waals surface area contributed by atoms with Gasteiger partial charge in [0.05, 0.1) is 0 Å². The Labute approximate surface area is 80.3 Å². The van der Waals surface area contributed by atoms with E-state index in [0.29, 0.717) is 52.4 Å². The van der Waals surface area contributed by atoms with Crippen molar-refractivity contribution in [2.24, 2.45) is 0 Å². The molecule has 0 spiro atoms. The van der Waals surface area contributed by atoms with Crippen molar-refractivity contribution in [1.82, 2.24) is 21.2 Å². The van der Waals surface area contributed by atoms with Crippen LogP contribution < -0.4 is 21.2 Å².